The van der Waals surface area contributed by atoms with Crippen molar-refractivity contribution < 1.29 is 19.1 Å². The molecule has 3 aliphatic carbocycles. The Kier molecular flexibility index (Phi) is 4.71. The third kappa shape index (κ3) is 2.84. The van der Waals surface area contributed by atoms with Gasteiger partial charge in [-0.2, -0.15) is 0 Å². The van der Waals surface area contributed by atoms with Crippen LogP contribution in [0.1, 0.15) is 79.1 Å². The number of ether oxygens (including phenoxy) is 1. The first-order valence-corrected chi connectivity index (χ1v) is 10.9. The van der Waals surface area contributed by atoms with Crippen molar-refractivity contribution >= 4 is 17.8 Å². The van der Waals surface area contributed by atoms with E-state index < -0.39 is 0 Å². The topological polar surface area (TPSA) is 63.7 Å². The molecule has 5 heteroatoms. The molecule has 3 fully saturated rings. The molecule has 0 spiro atoms. The van der Waals surface area contributed by atoms with Gasteiger partial charge in [0.2, 0.25) is 11.8 Å². The lowest BCUT2D eigenvalue weighted by Crippen LogP contribution is -2.65. The van der Waals surface area contributed by atoms with Crippen molar-refractivity contribution in [1.29, 1.82) is 0 Å². The SMILES string of the molecule is CC(=O)OC1CCC2(C)C(=CCC3C2CCC2(C)C3CCC(=O)N2C(C)=O)C1. The zero-order chi connectivity index (χ0) is 20.3. The van der Waals surface area contributed by atoms with Crippen molar-refractivity contribution in [3.05, 3.63) is 11.6 Å². The van der Waals surface area contributed by atoms with E-state index in [9.17, 15) is 14.4 Å². The van der Waals surface area contributed by atoms with Crippen LogP contribution in [0.25, 0.3) is 0 Å². The maximum absolute atomic E-state index is 12.5. The highest BCUT2D eigenvalue weighted by Crippen LogP contribution is 2.61. The van der Waals surface area contributed by atoms with Gasteiger partial charge in [0.1, 0.15) is 6.10 Å². The summed E-state index contributed by atoms with van der Waals surface area (Å²) >= 11 is 0. The first-order valence-electron chi connectivity index (χ1n) is 10.9. The molecule has 1 aliphatic heterocycles. The van der Waals surface area contributed by atoms with Crippen LogP contribution in [0.15, 0.2) is 11.6 Å². The van der Waals surface area contributed by atoms with E-state index >= 15 is 0 Å². The van der Waals surface area contributed by atoms with E-state index in [2.05, 4.69) is 19.9 Å². The minimum atomic E-state index is -0.334. The summed E-state index contributed by atoms with van der Waals surface area (Å²) in [4.78, 5) is 37.8. The van der Waals surface area contributed by atoms with Crippen molar-refractivity contribution in [1.82, 2.24) is 4.90 Å². The van der Waals surface area contributed by atoms with Gasteiger partial charge in [-0.1, -0.05) is 18.6 Å². The maximum atomic E-state index is 12.5. The van der Waals surface area contributed by atoms with Crippen LogP contribution >= 0.6 is 0 Å². The second-order valence-electron chi connectivity index (χ2n) is 9.92. The van der Waals surface area contributed by atoms with E-state index in [-0.39, 0.29) is 34.8 Å². The standard InChI is InChI=1S/C23H33NO4/c1-14(25)24-21(27)8-7-20-18-6-5-16-13-17(28-15(2)26)9-11-22(16,3)19(18)10-12-23(20,24)4/h5,17-20H,6-13H2,1-4H3. The van der Waals surface area contributed by atoms with E-state index in [1.54, 1.807) is 4.90 Å². The fourth-order valence-electron chi connectivity index (χ4n) is 7.28. The number of imide groups is 1. The zero-order valence-corrected chi connectivity index (χ0v) is 17.6. The van der Waals surface area contributed by atoms with E-state index in [0.717, 1.165) is 44.9 Å². The molecule has 0 radical (unpaired) electrons. The van der Waals surface area contributed by atoms with Gasteiger partial charge >= 0.3 is 5.97 Å². The Hall–Kier alpha value is -1.65. The number of rotatable bonds is 1. The molecule has 1 heterocycles. The summed E-state index contributed by atoms with van der Waals surface area (Å²) in [6, 6.07) is 0. The number of carbonyl (C=O) groups is 3. The summed E-state index contributed by atoms with van der Waals surface area (Å²) in [6.45, 7) is 7.57. The number of hydrogen-bond donors (Lipinski definition) is 0. The average molecular weight is 388 g/mol. The lowest BCUT2D eigenvalue weighted by molar-refractivity contribution is -0.168. The predicted octanol–water partition coefficient (Wildman–Crippen LogP) is 4.01. The fraction of sp³-hybridized carbons (Fsp3) is 0.783. The van der Waals surface area contributed by atoms with Crippen LogP contribution in [0.2, 0.25) is 0 Å². The Morgan fingerprint density at radius 2 is 1.86 bits per heavy atom. The first-order chi connectivity index (χ1) is 13.2. The molecular weight excluding hydrogens is 354 g/mol. The lowest BCUT2D eigenvalue weighted by Gasteiger charge is -2.61. The summed E-state index contributed by atoms with van der Waals surface area (Å²) in [5, 5.41) is 0. The lowest BCUT2D eigenvalue weighted by atomic mass is 9.48. The Morgan fingerprint density at radius 3 is 2.54 bits per heavy atom. The van der Waals surface area contributed by atoms with Crippen LogP contribution in [-0.2, 0) is 19.1 Å². The van der Waals surface area contributed by atoms with Crippen molar-refractivity contribution in [3.8, 4) is 0 Å². The van der Waals surface area contributed by atoms with Gasteiger partial charge in [0.15, 0.2) is 0 Å². The third-order valence-electron chi connectivity index (χ3n) is 8.49. The average Bonchev–Trinajstić information content (AvgIpc) is 2.60. The molecule has 2 amide bonds. The summed E-state index contributed by atoms with van der Waals surface area (Å²) in [7, 11) is 0. The molecule has 4 aliphatic rings. The van der Waals surface area contributed by atoms with Crippen molar-refractivity contribution in [3.63, 3.8) is 0 Å². The second kappa shape index (κ2) is 6.70. The van der Waals surface area contributed by atoms with Crippen LogP contribution in [0.5, 0.6) is 0 Å². The van der Waals surface area contributed by atoms with Crippen LogP contribution in [0, 0.1) is 23.2 Å². The van der Waals surface area contributed by atoms with Crippen molar-refractivity contribution in [2.24, 2.45) is 23.2 Å². The Balaban J connectivity index is 1.62. The largest absolute Gasteiger partial charge is 0.462 e. The van der Waals surface area contributed by atoms with E-state index in [0.29, 0.717) is 24.2 Å². The number of piperidine rings is 1. The van der Waals surface area contributed by atoms with Crippen LogP contribution in [0.3, 0.4) is 0 Å². The molecule has 2 saturated carbocycles. The van der Waals surface area contributed by atoms with Gasteiger partial charge in [-0.25, -0.2) is 0 Å². The van der Waals surface area contributed by atoms with Gasteiger partial charge in [-0.15, -0.1) is 0 Å². The predicted molar refractivity (Wildman–Crippen MR) is 105 cm³/mol. The molecule has 6 unspecified atom stereocenters. The van der Waals surface area contributed by atoms with Crippen molar-refractivity contribution in [2.45, 2.75) is 90.7 Å². The normalized spacial score (nSPS) is 42.6. The molecule has 5 nitrogen and oxygen atoms in total. The number of fused-ring (bicyclic) bond motifs is 5. The van der Waals surface area contributed by atoms with Gasteiger partial charge in [0.25, 0.3) is 0 Å². The molecule has 0 aromatic rings. The Morgan fingerprint density at radius 1 is 1.11 bits per heavy atom. The highest BCUT2D eigenvalue weighted by Gasteiger charge is 2.59. The number of hydrogen-bond acceptors (Lipinski definition) is 4. The molecule has 6 atom stereocenters. The molecule has 1 saturated heterocycles. The fourth-order valence-corrected chi connectivity index (χ4v) is 7.28. The van der Waals surface area contributed by atoms with Gasteiger partial charge in [-0.3, -0.25) is 19.3 Å². The van der Waals surface area contributed by atoms with Gasteiger partial charge in [0.05, 0.1) is 5.54 Å². The van der Waals surface area contributed by atoms with E-state index in [1.807, 2.05) is 0 Å². The highest BCUT2D eigenvalue weighted by molar-refractivity contribution is 5.95. The molecule has 28 heavy (non-hydrogen) atoms. The maximum Gasteiger partial charge on any atom is 0.302 e. The first kappa shape index (κ1) is 19.7. The summed E-state index contributed by atoms with van der Waals surface area (Å²) in [6.07, 6.45) is 9.62. The van der Waals surface area contributed by atoms with Crippen LogP contribution in [-0.4, -0.2) is 34.3 Å². The molecule has 0 aromatic heterocycles. The molecule has 4 rings (SSSR count). The molecule has 0 bridgehead atoms. The van der Waals surface area contributed by atoms with Crippen LogP contribution in [0.4, 0.5) is 0 Å². The molecule has 0 aromatic carbocycles. The third-order valence-corrected chi connectivity index (χ3v) is 8.49. The smallest absolute Gasteiger partial charge is 0.302 e. The summed E-state index contributed by atoms with van der Waals surface area (Å²) < 4.78 is 5.51. The summed E-state index contributed by atoms with van der Waals surface area (Å²) in [5.41, 5.74) is 1.28. The van der Waals surface area contributed by atoms with Gasteiger partial charge in [-0.05, 0) is 68.6 Å². The molecular formula is C23H33NO4. The Labute approximate surface area is 167 Å². The number of carbonyl (C=O) groups excluding carboxylic acids is 3. The van der Waals surface area contributed by atoms with E-state index in [4.69, 9.17) is 4.74 Å². The number of likely N-dealkylation sites (tertiary alicyclic amines) is 1. The van der Waals surface area contributed by atoms with E-state index in [1.165, 1.54) is 19.4 Å². The number of allylic oxidation sites excluding steroid dienone is 1. The van der Waals surface area contributed by atoms with Crippen LogP contribution < -0.4 is 0 Å². The highest BCUT2D eigenvalue weighted by atomic mass is 16.5. The number of amides is 2. The number of esters is 1. The minimum Gasteiger partial charge on any atom is -0.462 e. The van der Waals surface area contributed by atoms with Crippen molar-refractivity contribution in [2.75, 3.05) is 0 Å². The monoisotopic (exact) mass is 387 g/mol. The second-order valence-corrected chi connectivity index (χ2v) is 9.92. The summed E-state index contributed by atoms with van der Waals surface area (Å²) in [5.74, 6) is 1.21. The van der Waals surface area contributed by atoms with Gasteiger partial charge < -0.3 is 4.74 Å². The van der Waals surface area contributed by atoms with Gasteiger partial charge in [0, 0.05) is 26.7 Å². The Bertz CT molecular complexity index is 743. The minimum absolute atomic E-state index is 0.00448. The molecule has 0 N–H and O–H groups in total. The zero-order valence-electron chi connectivity index (χ0n) is 17.6. The number of nitrogens with zero attached hydrogens (tertiary/aromatic N) is 1. The quantitative estimate of drug-likeness (QED) is 0.504. The molecule has 154 valence electrons.